The molecule has 3 rings (SSSR count). The normalized spacial score (nSPS) is 26.7. The molecule has 2 aliphatic heterocycles. The fourth-order valence-corrected chi connectivity index (χ4v) is 5.16. The zero-order valence-electron chi connectivity index (χ0n) is 12.5. The zero-order valence-corrected chi connectivity index (χ0v) is 13.3. The van der Waals surface area contributed by atoms with E-state index in [1.54, 1.807) is 4.31 Å². The first-order valence-electron chi connectivity index (χ1n) is 7.77. The SMILES string of the molecule is CC1c2ccccc2CCN1S(=O)(=O)CCC1CCCO1. The van der Waals surface area contributed by atoms with Crippen LogP contribution in [0, 0.1) is 0 Å². The van der Waals surface area contributed by atoms with Crippen LogP contribution >= 0.6 is 0 Å². The van der Waals surface area contributed by atoms with Crippen molar-refractivity contribution in [1.82, 2.24) is 4.31 Å². The number of sulfonamides is 1. The molecule has 0 saturated carbocycles. The van der Waals surface area contributed by atoms with Crippen molar-refractivity contribution < 1.29 is 13.2 Å². The summed E-state index contributed by atoms with van der Waals surface area (Å²) >= 11 is 0. The van der Waals surface area contributed by atoms with Crippen molar-refractivity contribution in [3.05, 3.63) is 35.4 Å². The van der Waals surface area contributed by atoms with Gasteiger partial charge in [0.25, 0.3) is 0 Å². The second-order valence-electron chi connectivity index (χ2n) is 5.98. The van der Waals surface area contributed by atoms with Gasteiger partial charge in [-0.3, -0.25) is 0 Å². The van der Waals surface area contributed by atoms with Crippen LogP contribution in [0.1, 0.15) is 43.4 Å². The van der Waals surface area contributed by atoms with Crippen LogP contribution in [-0.4, -0.2) is 37.7 Å². The number of rotatable bonds is 4. The van der Waals surface area contributed by atoms with Crippen molar-refractivity contribution in [2.24, 2.45) is 0 Å². The van der Waals surface area contributed by atoms with E-state index in [4.69, 9.17) is 4.74 Å². The van der Waals surface area contributed by atoms with E-state index in [0.29, 0.717) is 13.0 Å². The molecule has 1 aromatic carbocycles. The fourth-order valence-electron chi connectivity index (χ4n) is 3.40. The number of nitrogens with zero attached hydrogens (tertiary/aromatic N) is 1. The molecular weight excluding hydrogens is 286 g/mol. The molecule has 4 nitrogen and oxygen atoms in total. The molecule has 1 aromatic rings. The maximum absolute atomic E-state index is 12.6. The maximum Gasteiger partial charge on any atom is 0.214 e. The number of hydrogen-bond donors (Lipinski definition) is 0. The molecule has 0 radical (unpaired) electrons. The lowest BCUT2D eigenvalue weighted by Gasteiger charge is -2.34. The minimum Gasteiger partial charge on any atom is -0.378 e. The molecule has 0 aliphatic carbocycles. The third-order valence-electron chi connectivity index (χ3n) is 4.62. The first-order chi connectivity index (χ1) is 10.1. The predicted molar refractivity (Wildman–Crippen MR) is 82.6 cm³/mol. The summed E-state index contributed by atoms with van der Waals surface area (Å²) in [4.78, 5) is 0. The molecule has 5 heteroatoms. The lowest BCUT2D eigenvalue weighted by molar-refractivity contribution is 0.108. The van der Waals surface area contributed by atoms with Gasteiger partial charge in [-0.1, -0.05) is 24.3 Å². The quantitative estimate of drug-likeness (QED) is 0.858. The lowest BCUT2D eigenvalue weighted by Crippen LogP contribution is -2.40. The molecule has 0 aromatic heterocycles. The van der Waals surface area contributed by atoms with Crippen molar-refractivity contribution in [1.29, 1.82) is 0 Å². The first-order valence-corrected chi connectivity index (χ1v) is 9.38. The van der Waals surface area contributed by atoms with Crippen LogP contribution in [0.15, 0.2) is 24.3 Å². The van der Waals surface area contributed by atoms with Crippen LogP contribution in [0.2, 0.25) is 0 Å². The Morgan fingerprint density at radius 1 is 1.33 bits per heavy atom. The summed E-state index contributed by atoms with van der Waals surface area (Å²) in [6, 6.07) is 8.08. The average Bonchev–Trinajstić information content (AvgIpc) is 2.99. The van der Waals surface area contributed by atoms with Gasteiger partial charge in [-0.15, -0.1) is 0 Å². The van der Waals surface area contributed by atoms with E-state index >= 15 is 0 Å². The van der Waals surface area contributed by atoms with E-state index < -0.39 is 10.0 Å². The van der Waals surface area contributed by atoms with Gasteiger partial charge in [0.2, 0.25) is 10.0 Å². The Morgan fingerprint density at radius 2 is 2.14 bits per heavy atom. The van der Waals surface area contributed by atoms with E-state index in [-0.39, 0.29) is 17.9 Å². The maximum atomic E-state index is 12.6. The molecule has 1 saturated heterocycles. The summed E-state index contributed by atoms with van der Waals surface area (Å²) in [6.45, 7) is 3.35. The molecule has 0 N–H and O–H groups in total. The van der Waals surface area contributed by atoms with Crippen molar-refractivity contribution >= 4 is 10.0 Å². The molecule has 2 aliphatic rings. The zero-order chi connectivity index (χ0) is 14.9. The molecule has 1 fully saturated rings. The van der Waals surface area contributed by atoms with Gasteiger partial charge in [0.05, 0.1) is 11.9 Å². The van der Waals surface area contributed by atoms with E-state index in [9.17, 15) is 8.42 Å². The fraction of sp³-hybridized carbons (Fsp3) is 0.625. The van der Waals surface area contributed by atoms with Gasteiger partial charge < -0.3 is 4.74 Å². The summed E-state index contributed by atoms with van der Waals surface area (Å²) in [6.07, 6.45) is 3.60. The lowest BCUT2D eigenvalue weighted by atomic mass is 9.96. The van der Waals surface area contributed by atoms with Crippen LogP contribution in [0.5, 0.6) is 0 Å². The monoisotopic (exact) mass is 309 g/mol. The van der Waals surface area contributed by atoms with Crippen LogP contribution < -0.4 is 0 Å². The van der Waals surface area contributed by atoms with Gasteiger partial charge >= 0.3 is 0 Å². The van der Waals surface area contributed by atoms with Crippen molar-refractivity contribution in [3.8, 4) is 0 Å². The minimum atomic E-state index is -3.21. The number of hydrogen-bond acceptors (Lipinski definition) is 3. The van der Waals surface area contributed by atoms with Gasteiger partial charge in [0.1, 0.15) is 0 Å². The molecule has 0 spiro atoms. The Kier molecular flexibility index (Phi) is 4.33. The highest BCUT2D eigenvalue weighted by molar-refractivity contribution is 7.89. The highest BCUT2D eigenvalue weighted by atomic mass is 32.2. The first kappa shape index (κ1) is 15.0. The largest absolute Gasteiger partial charge is 0.378 e. The third kappa shape index (κ3) is 3.15. The van der Waals surface area contributed by atoms with Gasteiger partial charge in [-0.25, -0.2) is 8.42 Å². The van der Waals surface area contributed by atoms with Gasteiger partial charge in [-0.2, -0.15) is 4.31 Å². The standard InChI is InChI=1S/C16H23NO3S/c1-13-16-7-3-2-5-14(16)8-10-17(13)21(18,19)12-9-15-6-4-11-20-15/h2-3,5,7,13,15H,4,6,8-12H2,1H3. The molecular formula is C16H23NO3S. The topological polar surface area (TPSA) is 46.6 Å². The smallest absolute Gasteiger partial charge is 0.214 e. The van der Waals surface area contributed by atoms with Crippen LogP contribution in [0.4, 0.5) is 0 Å². The highest BCUT2D eigenvalue weighted by Crippen LogP contribution is 2.31. The second-order valence-corrected chi connectivity index (χ2v) is 8.02. The van der Waals surface area contributed by atoms with Crippen LogP contribution in [-0.2, 0) is 21.2 Å². The highest BCUT2D eigenvalue weighted by Gasteiger charge is 2.33. The summed E-state index contributed by atoms with van der Waals surface area (Å²) in [5.74, 6) is 0.199. The molecule has 2 heterocycles. The van der Waals surface area contributed by atoms with Crippen molar-refractivity contribution in [2.45, 2.75) is 44.8 Å². The predicted octanol–water partition coefficient (Wildman–Crippen LogP) is 2.50. The minimum absolute atomic E-state index is 0.0653. The molecule has 0 bridgehead atoms. The van der Waals surface area contributed by atoms with Crippen molar-refractivity contribution in [3.63, 3.8) is 0 Å². The second kappa shape index (κ2) is 6.07. The van der Waals surface area contributed by atoms with E-state index in [1.165, 1.54) is 5.56 Å². The van der Waals surface area contributed by atoms with Gasteiger partial charge in [-0.05, 0) is 43.7 Å². The van der Waals surface area contributed by atoms with Crippen LogP contribution in [0.3, 0.4) is 0 Å². The van der Waals surface area contributed by atoms with E-state index in [2.05, 4.69) is 6.07 Å². The molecule has 0 amide bonds. The Balaban J connectivity index is 1.71. The third-order valence-corrected chi connectivity index (χ3v) is 6.58. The number of ether oxygens (including phenoxy) is 1. The van der Waals surface area contributed by atoms with Gasteiger partial charge in [0, 0.05) is 19.2 Å². The van der Waals surface area contributed by atoms with Crippen LogP contribution in [0.25, 0.3) is 0 Å². The number of benzene rings is 1. The Bertz CT molecular complexity index is 593. The average molecular weight is 309 g/mol. The molecule has 21 heavy (non-hydrogen) atoms. The summed E-state index contributed by atoms with van der Waals surface area (Å²) in [5, 5.41) is 0. The summed E-state index contributed by atoms with van der Waals surface area (Å²) in [5.41, 5.74) is 2.42. The molecule has 2 atom stereocenters. The Hall–Kier alpha value is -0.910. The Morgan fingerprint density at radius 3 is 2.90 bits per heavy atom. The summed E-state index contributed by atoms with van der Waals surface area (Å²) in [7, 11) is -3.21. The Labute approximate surface area is 127 Å². The van der Waals surface area contributed by atoms with E-state index in [0.717, 1.165) is 31.4 Å². The number of fused-ring (bicyclic) bond motifs is 1. The van der Waals surface area contributed by atoms with E-state index in [1.807, 2.05) is 25.1 Å². The van der Waals surface area contributed by atoms with Gasteiger partial charge in [0.15, 0.2) is 0 Å². The molecule has 116 valence electrons. The van der Waals surface area contributed by atoms with Crippen molar-refractivity contribution in [2.75, 3.05) is 18.9 Å². The summed E-state index contributed by atoms with van der Waals surface area (Å²) < 4.78 is 32.5. The molecule has 2 unspecified atom stereocenters.